The number of carbonyl (C=O) groups is 15. The fourth-order valence-corrected chi connectivity index (χ4v) is 12.1. The minimum Gasteiger partial charge on any atom is -0.481 e. The molecule has 2 fully saturated rings. The third-order valence-corrected chi connectivity index (χ3v) is 19.2. The van der Waals surface area contributed by atoms with E-state index in [1.54, 1.807) is 127 Å². The molecule has 106 heavy (non-hydrogen) atoms. The molecule has 0 radical (unpaired) electrons. The summed E-state index contributed by atoms with van der Waals surface area (Å²) >= 11 is 0. The number of aliphatic hydroxyl groups is 1. The molecule has 3 rings (SSSR count). The topological polar surface area (TPSA) is 453 Å². The van der Waals surface area contributed by atoms with Crippen molar-refractivity contribution < 1.29 is 86.9 Å². The second-order valence-electron chi connectivity index (χ2n) is 30.2. The number of aliphatic hydroxyl groups excluding tert-OH is 1. The quantitative estimate of drug-likeness (QED) is 0.0353. The van der Waals surface area contributed by atoms with Gasteiger partial charge in [-0.05, 0) is 99.4 Å². The Kier molecular flexibility index (Phi) is 37.5. The summed E-state index contributed by atoms with van der Waals surface area (Å²) in [5.74, 6) is -17.6. The highest BCUT2D eigenvalue weighted by atomic mass is 16.5. The summed E-state index contributed by atoms with van der Waals surface area (Å²) < 4.78 is 5.93. The van der Waals surface area contributed by atoms with Crippen LogP contribution in [0.25, 0.3) is 0 Å². The number of allylic oxidation sites excluding steroid dienone is 1. The van der Waals surface area contributed by atoms with Crippen LogP contribution in [0, 0.1) is 47.3 Å². The van der Waals surface area contributed by atoms with E-state index in [1.807, 2.05) is 13.8 Å². The predicted molar refractivity (Wildman–Crippen MR) is 394 cm³/mol. The maximum atomic E-state index is 15.0. The zero-order valence-electron chi connectivity index (χ0n) is 65.3. The largest absolute Gasteiger partial charge is 0.481 e. The summed E-state index contributed by atoms with van der Waals surface area (Å²) in [7, 11) is 0. The van der Waals surface area contributed by atoms with Gasteiger partial charge in [0.05, 0.1) is 6.10 Å². The average Bonchev–Trinajstić information content (AvgIpc) is 1.45. The van der Waals surface area contributed by atoms with Crippen LogP contribution in [0.4, 0.5) is 0 Å². The Hall–Kier alpha value is -9.03. The Balaban J connectivity index is 2.02. The second kappa shape index (κ2) is 43.6. The van der Waals surface area contributed by atoms with Gasteiger partial charge in [0.25, 0.3) is 5.91 Å². The van der Waals surface area contributed by atoms with E-state index < -0.39 is 222 Å². The number of hydrogen-bond acceptors (Lipinski definition) is 17. The number of carboxylic acids is 1. The highest BCUT2D eigenvalue weighted by molar-refractivity contribution is 6.03. The number of nitrogens with one attached hydrogen (secondary N) is 12. The first-order valence-corrected chi connectivity index (χ1v) is 37.4. The van der Waals surface area contributed by atoms with Crippen LogP contribution in [-0.4, -0.2) is 195 Å². The normalized spacial score (nSPS) is 22.4. The molecule has 1 aromatic carbocycles. The van der Waals surface area contributed by atoms with E-state index >= 15 is 9.59 Å². The van der Waals surface area contributed by atoms with Crippen LogP contribution in [-0.2, 0) is 83.1 Å². The van der Waals surface area contributed by atoms with Crippen molar-refractivity contribution in [2.75, 3.05) is 6.54 Å². The van der Waals surface area contributed by atoms with E-state index in [4.69, 9.17) is 4.74 Å². The highest BCUT2D eigenvalue weighted by Crippen LogP contribution is 2.23. The van der Waals surface area contributed by atoms with Gasteiger partial charge in [0.2, 0.25) is 70.9 Å². The Morgan fingerprint density at radius 2 is 1.13 bits per heavy atom. The molecule has 2 saturated heterocycles. The first kappa shape index (κ1) is 91.2. The molecule has 13 amide bonds. The maximum Gasteiger partial charge on any atom is 0.329 e. The molecule has 594 valence electrons. The summed E-state index contributed by atoms with van der Waals surface area (Å²) in [6.07, 6.45) is -0.777. The minimum absolute atomic E-state index is 0.00545. The van der Waals surface area contributed by atoms with E-state index in [2.05, 4.69) is 63.8 Å². The van der Waals surface area contributed by atoms with Crippen molar-refractivity contribution in [2.24, 2.45) is 47.3 Å². The van der Waals surface area contributed by atoms with Crippen LogP contribution < -0.4 is 63.8 Å². The predicted octanol–water partition coefficient (Wildman–Crippen LogP) is 1.96. The van der Waals surface area contributed by atoms with Crippen LogP contribution >= 0.6 is 0 Å². The lowest BCUT2D eigenvalue weighted by molar-refractivity contribution is -0.157. The number of ether oxygens (including phenoxy) is 1. The van der Waals surface area contributed by atoms with Crippen molar-refractivity contribution in [1.82, 2.24) is 68.7 Å². The summed E-state index contributed by atoms with van der Waals surface area (Å²) in [5.41, 5.74) is 0.331. The van der Waals surface area contributed by atoms with E-state index in [0.29, 0.717) is 17.9 Å². The van der Waals surface area contributed by atoms with Gasteiger partial charge in [-0.1, -0.05) is 166 Å². The lowest BCUT2D eigenvalue weighted by Crippen LogP contribution is -2.64. The van der Waals surface area contributed by atoms with Gasteiger partial charge in [-0.25, -0.2) is 4.79 Å². The van der Waals surface area contributed by atoms with Gasteiger partial charge in [0, 0.05) is 25.8 Å². The van der Waals surface area contributed by atoms with Crippen molar-refractivity contribution in [3.05, 3.63) is 47.7 Å². The van der Waals surface area contributed by atoms with Crippen molar-refractivity contribution >= 4 is 88.7 Å². The first-order chi connectivity index (χ1) is 49.6. The molecule has 16 atom stereocenters. The Labute approximate surface area is 623 Å². The van der Waals surface area contributed by atoms with Crippen LogP contribution in [0.5, 0.6) is 0 Å². The fourth-order valence-electron chi connectivity index (χ4n) is 12.1. The number of esters is 1. The molecule has 2 heterocycles. The number of cyclic esters (lactones) is 1. The molecule has 31 heteroatoms. The number of hydrogen-bond donors (Lipinski definition) is 14. The molecule has 0 aliphatic carbocycles. The van der Waals surface area contributed by atoms with Crippen molar-refractivity contribution in [3.8, 4) is 0 Å². The fraction of sp³-hybridized carbons (Fsp3) is 0.693. The van der Waals surface area contributed by atoms with Crippen LogP contribution in [0.15, 0.2) is 42.1 Å². The number of likely N-dealkylation sites (tertiary alicyclic amines) is 1. The van der Waals surface area contributed by atoms with Gasteiger partial charge in [-0.2, -0.15) is 0 Å². The number of amides is 13. The molecule has 2 aliphatic rings. The lowest BCUT2D eigenvalue weighted by Gasteiger charge is -2.33. The van der Waals surface area contributed by atoms with Crippen LogP contribution in [0.2, 0.25) is 0 Å². The van der Waals surface area contributed by atoms with Gasteiger partial charge >= 0.3 is 11.9 Å². The molecular weight excluding hydrogens is 1370 g/mol. The number of aliphatic carboxylic acids is 1. The Bertz CT molecular complexity index is 3250. The Morgan fingerprint density at radius 1 is 0.594 bits per heavy atom. The van der Waals surface area contributed by atoms with Crippen molar-refractivity contribution in [2.45, 2.75) is 280 Å². The van der Waals surface area contributed by atoms with E-state index in [9.17, 15) is 72.5 Å². The summed E-state index contributed by atoms with van der Waals surface area (Å²) in [6, 6.07) is -8.63. The van der Waals surface area contributed by atoms with Gasteiger partial charge in [0.15, 0.2) is 0 Å². The summed E-state index contributed by atoms with van der Waals surface area (Å²) in [4.78, 5) is 214. The van der Waals surface area contributed by atoms with E-state index in [-0.39, 0.29) is 56.7 Å². The average molecular weight is 1490 g/mol. The molecule has 1 aromatic rings. The van der Waals surface area contributed by atoms with Crippen LogP contribution in [0.1, 0.15) is 195 Å². The SMILES string of the molecule is C/C=C1\NC(=O)[C@H](Cc2ccccc2)NC(=O)[C@@H](C(C)C)NC(=O)[C@@H]([C@@H](C)CC)NC(=O)[C@H](NC(=O)[C@H](NC(=O)[C@H](CCC(=O)O)NC(=O)[C@H]2CCCN2C(=O)[C@H](NC(=O)[C@@H](NC(=O)[C@@H](NC(=O)[C@H](NC(=O)CCCC(C)C)C(C)C)[C@@H](C)O)C(C)C)C(C)C)[C@@H](C)CC)[C@@H](C)OC(=O)[C@H](C(C)C)NC1=O. The smallest absolute Gasteiger partial charge is 0.329 e. The second-order valence-corrected chi connectivity index (χ2v) is 30.2. The van der Waals surface area contributed by atoms with Gasteiger partial charge in [0.1, 0.15) is 84.3 Å². The zero-order chi connectivity index (χ0) is 80.3. The number of nitrogens with zero attached hydrogens (tertiary/aromatic N) is 1. The van der Waals surface area contributed by atoms with Crippen molar-refractivity contribution in [3.63, 3.8) is 0 Å². The molecule has 2 aliphatic heterocycles. The van der Waals surface area contributed by atoms with Gasteiger partial charge < -0.3 is 83.7 Å². The van der Waals surface area contributed by atoms with Gasteiger partial charge in [-0.15, -0.1) is 0 Å². The number of rotatable bonds is 33. The van der Waals surface area contributed by atoms with Crippen LogP contribution in [0.3, 0.4) is 0 Å². The Morgan fingerprint density at radius 3 is 1.66 bits per heavy atom. The van der Waals surface area contributed by atoms with Gasteiger partial charge in [-0.3, -0.25) is 67.1 Å². The number of carboxylic acid groups (broad SMARTS) is 1. The molecule has 0 spiro atoms. The zero-order valence-corrected chi connectivity index (χ0v) is 65.3. The molecular formula is C75H121N13O18. The first-order valence-electron chi connectivity index (χ1n) is 37.4. The highest BCUT2D eigenvalue weighted by Gasteiger charge is 2.45. The monoisotopic (exact) mass is 1490 g/mol. The molecule has 0 unspecified atom stereocenters. The lowest BCUT2D eigenvalue weighted by atomic mass is 9.95. The number of benzene rings is 1. The number of carbonyl (C=O) groups excluding carboxylic acids is 14. The molecule has 14 N–H and O–H groups in total. The van der Waals surface area contributed by atoms with E-state index in [0.717, 1.165) is 6.42 Å². The summed E-state index contributed by atoms with van der Waals surface area (Å²) in [6.45, 7) is 31.1. The standard InChI is InChI=1S/C75H121N13O18/c1-20-43(16)59(71(101)87-62-46(19)106-75(105)58(42(14)15)83-63(93)48(22-3)76-65(95)50(36-47-29-24-23-25-30-47)78-67(97)55(39(8)9)80-70(100)60(44(17)21-2)85-73(62)103)84-64(94)49(33-34-53(91)92)77-66(96)51-31-27-35-88(51)74(104)57(41(12)13)82-69(99)56(40(10)11)81-72(102)61(45(18)89)86-68(98)54(38(6)7)79-52(90)32-26-28-37(4)5/h22-25,29-30,37-46,49-51,54-62,89H,20-21,26-28,31-36H2,1-19H3,(H,76,95)(H,77,96)(H,78,97)(H,79,90)(H,80,100)(H,81,102)(H,82,99)(H,83,93)(H,84,94)(H,85,103)(H,86,98)(H,87,101)(H,91,92)/b48-22-/t43-,44-,45+,46+,49-,50-,51+,54+,55+,56-,57+,58-,59+,60+,61-,62+/m0/s1. The van der Waals surface area contributed by atoms with Crippen molar-refractivity contribution in [1.29, 1.82) is 0 Å². The molecule has 0 bridgehead atoms. The molecule has 0 aromatic heterocycles. The molecule has 31 nitrogen and oxygen atoms in total. The minimum atomic E-state index is -1.89. The third-order valence-electron chi connectivity index (χ3n) is 19.2. The third kappa shape index (κ3) is 27.7. The van der Waals surface area contributed by atoms with E-state index in [1.165, 1.54) is 31.7 Å². The molecule has 0 saturated carbocycles. The maximum absolute atomic E-state index is 15.0. The summed E-state index contributed by atoms with van der Waals surface area (Å²) in [5, 5.41) is 52.4.